The van der Waals surface area contributed by atoms with Crippen LogP contribution in [-0.4, -0.2) is 6.61 Å². The minimum absolute atomic E-state index is 0.124. The fourth-order valence-corrected chi connectivity index (χ4v) is 5.33. The van der Waals surface area contributed by atoms with E-state index in [9.17, 15) is 17.6 Å². The van der Waals surface area contributed by atoms with Gasteiger partial charge in [-0.3, -0.25) is 0 Å². The van der Waals surface area contributed by atoms with Gasteiger partial charge in [0.25, 0.3) is 0 Å². The number of halogens is 6. The fourth-order valence-electron chi connectivity index (χ4n) is 5.33. The average molecular weight is 533 g/mol. The van der Waals surface area contributed by atoms with Gasteiger partial charge in [0.1, 0.15) is 0 Å². The fraction of sp³-hybridized carbons (Fsp3) is 0.355. The first-order valence-corrected chi connectivity index (χ1v) is 12.9. The van der Waals surface area contributed by atoms with E-state index in [1.54, 1.807) is 19.1 Å². The highest BCUT2D eigenvalue weighted by Gasteiger charge is 2.30. The van der Waals surface area contributed by atoms with Gasteiger partial charge in [0.2, 0.25) is 5.82 Å². The highest BCUT2D eigenvalue weighted by atomic mass is 19.2. The van der Waals surface area contributed by atoms with Crippen molar-refractivity contribution < 1.29 is 31.1 Å². The Balaban J connectivity index is 1.50. The molecule has 1 aliphatic rings. The van der Waals surface area contributed by atoms with E-state index in [-0.39, 0.29) is 35.3 Å². The van der Waals surface area contributed by atoms with E-state index in [0.717, 1.165) is 6.07 Å². The Morgan fingerprint density at radius 1 is 0.684 bits per heavy atom. The van der Waals surface area contributed by atoms with Crippen LogP contribution in [0.2, 0.25) is 0 Å². The van der Waals surface area contributed by atoms with E-state index in [0.29, 0.717) is 49.7 Å². The van der Waals surface area contributed by atoms with Crippen LogP contribution in [0.1, 0.15) is 74.5 Å². The molecule has 0 radical (unpaired) electrons. The van der Waals surface area contributed by atoms with Crippen LogP contribution in [0.3, 0.4) is 0 Å². The molecule has 0 aromatic heterocycles. The van der Waals surface area contributed by atoms with Gasteiger partial charge in [-0.1, -0.05) is 36.4 Å². The maximum absolute atomic E-state index is 15.1. The molecule has 1 fully saturated rings. The first-order chi connectivity index (χ1) is 18.3. The minimum Gasteiger partial charge on any atom is -0.491 e. The van der Waals surface area contributed by atoms with Crippen molar-refractivity contribution in [1.29, 1.82) is 0 Å². The normalized spacial score (nSPS) is 17.8. The van der Waals surface area contributed by atoms with E-state index < -0.39 is 40.5 Å². The number of benzene rings is 3. The van der Waals surface area contributed by atoms with Gasteiger partial charge in [0.05, 0.1) is 6.61 Å². The summed E-state index contributed by atoms with van der Waals surface area (Å²) in [5.41, 5.74) is 0.00322. The van der Waals surface area contributed by atoms with Crippen molar-refractivity contribution in [2.75, 3.05) is 6.61 Å². The predicted octanol–water partition coefficient (Wildman–Crippen LogP) is 9.54. The molecule has 0 aliphatic heterocycles. The zero-order valence-corrected chi connectivity index (χ0v) is 21.4. The molecule has 0 N–H and O–H groups in total. The van der Waals surface area contributed by atoms with E-state index in [4.69, 9.17) is 4.74 Å². The SMILES string of the molecule is C/C=C/CCc1ccc(C2CCC(c3ccc(-c4ccc(OCC)c(F)c4F)c(F)c3F)CC2)c(F)c1F. The van der Waals surface area contributed by atoms with Gasteiger partial charge in [-0.15, -0.1) is 0 Å². The van der Waals surface area contributed by atoms with Crippen LogP contribution < -0.4 is 4.74 Å². The lowest BCUT2D eigenvalue weighted by molar-refractivity contribution is 0.314. The van der Waals surface area contributed by atoms with Gasteiger partial charge in [-0.25, -0.2) is 22.0 Å². The van der Waals surface area contributed by atoms with Crippen molar-refractivity contribution in [3.05, 3.63) is 100 Å². The lowest BCUT2D eigenvalue weighted by Crippen LogP contribution is -2.15. The number of aryl methyl sites for hydroxylation is 1. The molecule has 4 rings (SSSR count). The summed E-state index contributed by atoms with van der Waals surface area (Å²) in [7, 11) is 0. The Kier molecular flexibility index (Phi) is 8.85. The van der Waals surface area contributed by atoms with E-state index in [2.05, 4.69) is 0 Å². The molecule has 3 aromatic rings. The molecule has 0 spiro atoms. The molecule has 0 atom stereocenters. The zero-order valence-electron chi connectivity index (χ0n) is 21.4. The summed E-state index contributed by atoms with van der Waals surface area (Å²) in [5.74, 6) is -7.46. The average Bonchev–Trinajstić information content (AvgIpc) is 2.92. The summed E-state index contributed by atoms with van der Waals surface area (Å²) in [5, 5.41) is 0. The highest BCUT2D eigenvalue weighted by molar-refractivity contribution is 5.66. The first kappa shape index (κ1) is 27.8. The maximum Gasteiger partial charge on any atom is 0.201 e. The van der Waals surface area contributed by atoms with Crippen LogP contribution in [0.4, 0.5) is 26.3 Å². The second-order valence-electron chi connectivity index (χ2n) is 9.60. The summed E-state index contributed by atoms with van der Waals surface area (Å²) in [4.78, 5) is 0. The van der Waals surface area contributed by atoms with Crippen LogP contribution in [-0.2, 0) is 6.42 Å². The summed E-state index contributed by atoms with van der Waals surface area (Å²) in [6.45, 7) is 3.61. The predicted molar refractivity (Wildman–Crippen MR) is 136 cm³/mol. The molecule has 0 amide bonds. The third-order valence-corrected chi connectivity index (χ3v) is 7.36. The Hall–Kier alpha value is -3.22. The highest BCUT2D eigenvalue weighted by Crippen LogP contribution is 2.43. The molecule has 38 heavy (non-hydrogen) atoms. The third-order valence-electron chi connectivity index (χ3n) is 7.36. The molecular weight excluding hydrogens is 502 g/mol. The smallest absolute Gasteiger partial charge is 0.201 e. The second kappa shape index (κ2) is 12.1. The number of hydrogen-bond acceptors (Lipinski definition) is 1. The number of allylic oxidation sites excluding steroid dienone is 2. The van der Waals surface area contributed by atoms with Gasteiger partial charge >= 0.3 is 0 Å². The Bertz CT molecular complexity index is 1320. The lowest BCUT2D eigenvalue weighted by Gasteiger charge is -2.30. The van der Waals surface area contributed by atoms with Crippen LogP contribution in [0, 0.1) is 34.9 Å². The Labute approximate surface area is 219 Å². The largest absolute Gasteiger partial charge is 0.491 e. The van der Waals surface area contributed by atoms with E-state index in [1.165, 1.54) is 18.2 Å². The maximum atomic E-state index is 15.1. The Morgan fingerprint density at radius 3 is 1.79 bits per heavy atom. The second-order valence-corrected chi connectivity index (χ2v) is 9.60. The van der Waals surface area contributed by atoms with Gasteiger partial charge in [0, 0.05) is 11.1 Å². The molecule has 7 heteroatoms. The molecule has 3 aromatic carbocycles. The van der Waals surface area contributed by atoms with Crippen molar-refractivity contribution in [2.24, 2.45) is 0 Å². The molecule has 0 bridgehead atoms. The van der Waals surface area contributed by atoms with Gasteiger partial charge in [-0.05, 0) is 93.0 Å². The van der Waals surface area contributed by atoms with Gasteiger partial charge in [-0.2, -0.15) is 4.39 Å². The molecule has 202 valence electrons. The summed E-state index contributed by atoms with van der Waals surface area (Å²) >= 11 is 0. The molecule has 0 saturated heterocycles. The van der Waals surface area contributed by atoms with Gasteiger partial charge < -0.3 is 4.74 Å². The molecule has 1 aliphatic carbocycles. The number of rotatable bonds is 8. The minimum atomic E-state index is -1.32. The zero-order chi connectivity index (χ0) is 27.4. The van der Waals surface area contributed by atoms with E-state index >= 15 is 8.78 Å². The lowest BCUT2D eigenvalue weighted by atomic mass is 9.75. The number of ether oxygens (including phenoxy) is 1. The monoisotopic (exact) mass is 532 g/mol. The molecule has 0 heterocycles. The van der Waals surface area contributed by atoms with Crippen molar-refractivity contribution in [1.82, 2.24) is 0 Å². The van der Waals surface area contributed by atoms with Crippen molar-refractivity contribution in [3.8, 4) is 16.9 Å². The number of hydrogen-bond donors (Lipinski definition) is 0. The molecule has 1 saturated carbocycles. The summed E-state index contributed by atoms with van der Waals surface area (Å²) in [6, 6.07) is 8.24. The van der Waals surface area contributed by atoms with Crippen molar-refractivity contribution in [3.63, 3.8) is 0 Å². The van der Waals surface area contributed by atoms with Crippen LogP contribution in [0.25, 0.3) is 11.1 Å². The van der Waals surface area contributed by atoms with Crippen molar-refractivity contribution in [2.45, 2.75) is 64.2 Å². The molecule has 0 unspecified atom stereocenters. The summed E-state index contributed by atoms with van der Waals surface area (Å²) < 4.78 is 93.6. The van der Waals surface area contributed by atoms with Crippen LogP contribution in [0.15, 0.2) is 48.6 Å². The third kappa shape index (κ3) is 5.47. The standard InChI is InChI=1S/C31H30F6O/c1-3-5-6-7-20-12-13-21(27(33)26(20)32)18-8-10-19(11-9-18)22-14-15-23(29(35)28(22)34)24-16-17-25(38-4-2)31(37)30(24)36/h3,5,12-19H,4,6-11H2,1-2H3/b5-3+. The molecule has 1 nitrogen and oxygen atoms in total. The first-order valence-electron chi connectivity index (χ1n) is 12.9. The summed E-state index contributed by atoms with van der Waals surface area (Å²) in [6.07, 6.45) is 6.68. The Morgan fingerprint density at radius 2 is 1.21 bits per heavy atom. The van der Waals surface area contributed by atoms with E-state index in [1.807, 2.05) is 19.1 Å². The van der Waals surface area contributed by atoms with Crippen LogP contribution in [0.5, 0.6) is 5.75 Å². The molecular formula is C31H30F6O. The van der Waals surface area contributed by atoms with Crippen LogP contribution >= 0.6 is 0 Å². The van der Waals surface area contributed by atoms with Gasteiger partial charge in [0.15, 0.2) is 34.8 Å². The topological polar surface area (TPSA) is 9.23 Å². The quantitative estimate of drug-likeness (QED) is 0.207. The van der Waals surface area contributed by atoms with Crippen molar-refractivity contribution >= 4 is 0 Å².